The van der Waals surface area contributed by atoms with Crippen molar-refractivity contribution in [3.05, 3.63) is 66.6 Å². The van der Waals surface area contributed by atoms with Gasteiger partial charge in [0.1, 0.15) is 0 Å². The highest BCUT2D eigenvalue weighted by molar-refractivity contribution is 5.94. The van der Waals surface area contributed by atoms with Crippen molar-refractivity contribution in [3.63, 3.8) is 0 Å². The van der Waals surface area contributed by atoms with Gasteiger partial charge in [0, 0.05) is 5.56 Å². The molecule has 0 atom stereocenters. The largest absolute Gasteiger partial charge is 0.463 e. The number of amides is 1. The van der Waals surface area contributed by atoms with Crippen molar-refractivity contribution in [1.29, 1.82) is 0 Å². The highest BCUT2D eigenvalue weighted by Crippen LogP contribution is 2.08. The molecule has 0 spiro atoms. The van der Waals surface area contributed by atoms with Gasteiger partial charge in [-0.2, -0.15) is 0 Å². The first-order valence-electron chi connectivity index (χ1n) is 5.11. The Kier molecular flexibility index (Phi) is 3.25. The molecule has 17 heavy (non-hydrogen) atoms. The van der Waals surface area contributed by atoms with E-state index in [2.05, 4.69) is 17.4 Å². The van der Waals surface area contributed by atoms with Crippen LogP contribution in [0, 0.1) is 0 Å². The monoisotopic (exact) mass is 228 g/mol. The van der Waals surface area contributed by atoms with E-state index in [1.165, 1.54) is 0 Å². The van der Waals surface area contributed by atoms with Crippen LogP contribution in [-0.4, -0.2) is 5.91 Å². The van der Waals surface area contributed by atoms with Crippen LogP contribution >= 0.6 is 0 Å². The third-order valence-corrected chi connectivity index (χ3v) is 2.18. The molecule has 0 unspecified atom stereocenters. The van der Waals surface area contributed by atoms with Gasteiger partial charge in [0.2, 0.25) is 0 Å². The number of nitrogens with one attached hydrogen (secondary N) is 2. The average molecular weight is 228 g/mol. The standard InChI is InChI=1S/C13H12N2O2/c1-10(12-8-5-9-17-12)14-15-13(16)11-6-3-2-4-7-11/h2-9,14H,1H2,(H,15,16). The van der Waals surface area contributed by atoms with Crippen LogP contribution in [0.5, 0.6) is 0 Å². The molecule has 2 rings (SSSR count). The molecule has 86 valence electrons. The minimum absolute atomic E-state index is 0.224. The van der Waals surface area contributed by atoms with Crippen molar-refractivity contribution in [2.24, 2.45) is 0 Å². The molecule has 0 saturated carbocycles. The maximum atomic E-state index is 11.7. The first-order valence-corrected chi connectivity index (χ1v) is 5.11. The molecule has 0 fully saturated rings. The number of hydrogen-bond donors (Lipinski definition) is 2. The third kappa shape index (κ3) is 2.75. The summed E-state index contributed by atoms with van der Waals surface area (Å²) in [4.78, 5) is 11.7. The number of rotatable bonds is 4. The van der Waals surface area contributed by atoms with E-state index in [-0.39, 0.29) is 5.91 Å². The summed E-state index contributed by atoms with van der Waals surface area (Å²) in [5, 5.41) is 0. The zero-order chi connectivity index (χ0) is 12.1. The molecule has 2 N–H and O–H groups in total. The summed E-state index contributed by atoms with van der Waals surface area (Å²) in [5.74, 6) is 0.358. The predicted octanol–water partition coefficient (Wildman–Crippen LogP) is 2.18. The molecule has 2 aromatic rings. The van der Waals surface area contributed by atoms with E-state index in [4.69, 9.17) is 4.42 Å². The summed E-state index contributed by atoms with van der Waals surface area (Å²) < 4.78 is 5.12. The van der Waals surface area contributed by atoms with E-state index in [1.807, 2.05) is 6.07 Å². The van der Waals surface area contributed by atoms with Crippen LogP contribution in [-0.2, 0) is 0 Å². The Morgan fingerprint density at radius 2 is 1.82 bits per heavy atom. The Hall–Kier alpha value is -2.49. The van der Waals surface area contributed by atoms with Crippen molar-refractivity contribution < 1.29 is 9.21 Å². The van der Waals surface area contributed by atoms with Crippen LogP contribution < -0.4 is 10.9 Å². The second-order valence-electron chi connectivity index (χ2n) is 3.40. The molecule has 1 aromatic heterocycles. The van der Waals surface area contributed by atoms with E-state index < -0.39 is 0 Å². The lowest BCUT2D eigenvalue weighted by Crippen LogP contribution is -2.35. The van der Waals surface area contributed by atoms with E-state index in [0.717, 1.165) is 0 Å². The molecule has 0 aliphatic rings. The van der Waals surface area contributed by atoms with Gasteiger partial charge in [-0.1, -0.05) is 24.8 Å². The number of carbonyl (C=O) groups is 1. The topological polar surface area (TPSA) is 54.3 Å². The predicted molar refractivity (Wildman–Crippen MR) is 64.8 cm³/mol. The Morgan fingerprint density at radius 1 is 1.06 bits per heavy atom. The quantitative estimate of drug-likeness (QED) is 0.789. The summed E-state index contributed by atoms with van der Waals surface area (Å²) in [6, 6.07) is 12.4. The maximum Gasteiger partial charge on any atom is 0.269 e. The van der Waals surface area contributed by atoms with Crippen LogP contribution in [0.3, 0.4) is 0 Å². The number of carbonyl (C=O) groups excluding carboxylic acids is 1. The van der Waals surface area contributed by atoms with Crippen molar-refractivity contribution in [2.45, 2.75) is 0 Å². The Morgan fingerprint density at radius 3 is 2.47 bits per heavy atom. The molecular formula is C13H12N2O2. The highest BCUT2D eigenvalue weighted by Gasteiger charge is 2.05. The van der Waals surface area contributed by atoms with Gasteiger partial charge in [-0.05, 0) is 24.3 Å². The molecule has 4 nitrogen and oxygen atoms in total. The molecular weight excluding hydrogens is 216 g/mol. The first kappa shape index (κ1) is 11.0. The second kappa shape index (κ2) is 5.03. The third-order valence-electron chi connectivity index (χ3n) is 2.18. The molecule has 0 radical (unpaired) electrons. The van der Waals surface area contributed by atoms with Crippen LogP contribution in [0.4, 0.5) is 0 Å². The van der Waals surface area contributed by atoms with E-state index in [9.17, 15) is 4.79 Å². The summed E-state index contributed by atoms with van der Waals surface area (Å²) >= 11 is 0. The summed E-state index contributed by atoms with van der Waals surface area (Å²) in [7, 11) is 0. The lowest BCUT2D eigenvalue weighted by atomic mass is 10.2. The van der Waals surface area contributed by atoms with E-state index in [1.54, 1.807) is 42.7 Å². The Balaban J connectivity index is 1.91. The fourth-order valence-corrected chi connectivity index (χ4v) is 1.31. The fourth-order valence-electron chi connectivity index (χ4n) is 1.31. The number of hydrazine groups is 1. The van der Waals surface area contributed by atoms with E-state index >= 15 is 0 Å². The average Bonchev–Trinajstić information content (AvgIpc) is 2.90. The zero-order valence-electron chi connectivity index (χ0n) is 9.14. The molecule has 0 aliphatic heterocycles. The molecule has 1 amide bonds. The summed E-state index contributed by atoms with van der Waals surface area (Å²) in [6.07, 6.45) is 1.54. The molecule has 1 heterocycles. The van der Waals surface area contributed by atoms with Crippen molar-refractivity contribution in [2.75, 3.05) is 0 Å². The number of benzene rings is 1. The number of hydrogen-bond acceptors (Lipinski definition) is 3. The normalized spacial score (nSPS) is 9.65. The van der Waals surface area contributed by atoms with Crippen molar-refractivity contribution in [3.8, 4) is 0 Å². The van der Waals surface area contributed by atoms with Crippen LogP contribution in [0.25, 0.3) is 5.70 Å². The molecule has 0 saturated heterocycles. The first-order chi connectivity index (χ1) is 8.27. The van der Waals surface area contributed by atoms with Crippen molar-refractivity contribution in [1.82, 2.24) is 10.9 Å². The minimum Gasteiger partial charge on any atom is -0.463 e. The van der Waals surface area contributed by atoms with E-state index in [0.29, 0.717) is 17.0 Å². The van der Waals surface area contributed by atoms with Gasteiger partial charge in [0.05, 0.1) is 12.0 Å². The molecule has 0 aliphatic carbocycles. The van der Waals surface area contributed by atoms with Crippen LogP contribution in [0.15, 0.2) is 59.7 Å². The van der Waals surface area contributed by atoms with Gasteiger partial charge in [-0.15, -0.1) is 0 Å². The zero-order valence-corrected chi connectivity index (χ0v) is 9.14. The van der Waals surface area contributed by atoms with Crippen molar-refractivity contribution >= 4 is 11.6 Å². The minimum atomic E-state index is -0.224. The molecule has 0 bridgehead atoms. The lowest BCUT2D eigenvalue weighted by Gasteiger charge is -2.08. The van der Waals surface area contributed by atoms with Gasteiger partial charge < -0.3 is 4.42 Å². The second-order valence-corrected chi connectivity index (χ2v) is 3.40. The van der Waals surface area contributed by atoms with Crippen LogP contribution in [0.1, 0.15) is 16.1 Å². The van der Waals surface area contributed by atoms with Crippen LogP contribution in [0.2, 0.25) is 0 Å². The summed E-state index contributed by atoms with van der Waals surface area (Å²) in [6.45, 7) is 3.74. The highest BCUT2D eigenvalue weighted by atomic mass is 16.3. The molecule has 1 aromatic carbocycles. The molecule has 4 heteroatoms. The Bertz CT molecular complexity index is 503. The van der Waals surface area contributed by atoms with Gasteiger partial charge in [0.15, 0.2) is 5.76 Å². The van der Waals surface area contributed by atoms with Gasteiger partial charge >= 0.3 is 0 Å². The number of furan rings is 1. The van der Waals surface area contributed by atoms with Gasteiger partial charge in [-0.25, -0.2) is 0 Å². The summed E-state index contributed by atoms with van der Waals surface area (Å²) in [5.41, 5.74) is 6.31. The Labute approximate surface area is 98.9 Å². The van der Waals surface area contributed by atoms with Gasteiger partial charge in [0.25, 0.3) is 5.91 Å². The lowest BCUT2D eigenvalue weighted by molar-refractivity contribution is 0.0942. The van der Waals surface area contributed by atoms with Gasteiger partial charge in [-0.3, -0.25) is 15.6 Å². The fraction of sp³-hybridized carbons (Fsp3) is 0. The SMILES string of the molecule is C=C(NNC(=O)c1ccccc1)c1ccco1. The maximum absolute atomic E-state index is 11.7. The smallest absolute Gasteiger partial charge is 0.269 e.